The van der Waals surface area contributed by atoms with Gasteiger partial charge < -0.3 is 14.6 Å². The topological polar surface area (TPSA) is 81.5 Å². The Labute approximate surface area is 189 Å². The maximum atomic E-state index is 10.8. The lowest BCUT2D eigenvalue weighted by Crippen LogP contribution is -2.36. The molecule has 162 valence electrons. The van der Waals surface area contributed by atoms with Crippen LogP contribution in [0.2, 0.25) is 5.15 Å². The van der Waals surface area contributed by atoms with Gasteiger partial charge in [0.25, 0.3) is 0 Å². The molecule has 5 rings (SSSR count). The highest BCUT2D eigenvalue weighted by Gasteiger charge is 2.34. The van der Waals surface area contributed by atoms with Gasteiger partial charge in [0, 0.05) is 17.1 Å². The highest BCUT2D eigenvalue weighted by molar-refractivity contribution is 6.29. The molecule has 2 aromatic carbocycles. The van der Waals surface area contributed by atoms with Crippen molar-refractivity contribution in [2.24, 2.45) is 5.92 Å². The Hall–Kier alpha value is -3.22. The predicted octanol–water partition coefficient (Wildman–Crippen LogP) is 5.36. The fraction of sp³-hybridized carbons (Fsp3) is 0.240. The van der Waals surface area contributed by atoms with E-state index in [0.29, 0.717) is 31.2 Å². The average Bonchev–Trinajstić information content (AvgIpc) is 2.76. The van der Waals surface area contributed by atoms with Gasteiger partial charge in [-0.15, -0.1) is 0 Å². The quantitative estimate of drug-likeness (QED) is 0.302. The van der Waals surface area contributed by atoms with Crippen LogP contribution >= 0.6 is 11.6 Å². The molecule has 4 aromatic rings. The highest BCUT2D eigenvalue weighted by atomic mass is 35.5. The summed E-state index contributed by atoms with van der Waals surface area (Å²) in [5.41, 5.74) is 2.55. The third-order valence-corrected chi connectivity index (χ3v) is 6.02. The van der Waals surface area contributed by atoms with E-state index in [2.05, 4.69) is 16.0 Å². The smallest absolute Gasteiger partial charge is 0.306 e. The molecule has 1 fully saturated rings. The average molecular weight is 449 g/mol. The number of halogens is 1. The highest BCUT2D eigenvalue weighted by Crippen LogP contribution is 2.31. The van der Waals surface area contributed by atoms with E-state index in [1.54, 1.807) is 12.3 Å². The third kappa shape index (κ3) is 4.24. The first-order valence-corrected chi connectivity index (χ1v) is 10.9. The SMILES string of the molecule is O=C(O)[C@H]1C[C@H](OCCOc2ccc3cc(-c4nccc5ccc(Cl)nc45)ccc3c2)C1. The van der Waals surface area contributed by atoms with Crippen molar-refractivity contribution in [2.45, 2.75) is 18.9 Å². The van der Waals surface area contributed by atoms with Crippen LogP contribution in [0.5, 0.6) is 5.75 Å². The number of carboxylic acids is 1. The number of aliphatic carboxylic acids is 1. The molecule has 0 bridgehead atoms. The van der Waals surface area contributed by atoms with Crippen molar-refractivity contribution in [1.82, 2.24) is 9.97 Å². The first-order valence-electron chi connectivity index (χ1n) is 10.5. The minimum Gasteiger partial charge on any atom is -0.491 e. The second kappa shape index (κ2) is 8.73. The van der Waals surface area contributed by atoms with Crippen LogP contribution in [0.15, 0.2) is 60.8 Å². The van der Waals surface area contributed by atoms with Crippen LogP contribution in [0.3, 0.4) is 0 Å². The van der Waals surface area contributed by atoms with Crippen LogP contribution in [0.1, 0.15) is 12.8 Å². The number of carboxylic acid groups (broad SMARTS) is 1. The van der Waals surface area contributed by atoms with Crippen LogP contribution in [-0.2, 0) is 9.53 Å². The summed E-state index contributed by atoms with van der Waals surface area (Å²) in [6.07, 6.45) is 2.98. The monoisotopic (exact) mass is 448 g/mol. The molecule has 2 aromatic heterocycles. The normalized spacial score (nSPS) is 17.9. The lowest BCUT2D eigenvalue weighted by molar-refractivity contribution is -0.151. The van der Waals surface area contributed by atoms with Gasteiger partial charge in [0.15, 0.2) is 0 Å². The van der Waals surface area contributed by atoms with Crippen LogP contribution in [0.4, 0.5) is 0 Å². The maximum Gasteiger partial charge on any atom is 0.306 e. The molecular formula is C25H21ClN2O4. The van der Waals surface area contributed by atoms with Crippen molar-refractivity contribution in [3.63, 3.8) is 0 Å². The molecule has 0 saturated heterocycles. The summed E-state index contributed by atoms with van der Waals surface area (Å²) in [5.74, 6) is -0.234. The first kappa shape index (κ1) is 20.7. The fourth-order valence-electron chi connectivity index (χ4n) is 3.97. The summed E-state index contributed by atoms with van der Waals surface area (Å²) in [6, 6.07) is 17.7. The summed E-state index contributed by atoms with van der Waals surface area (Å²) >= 11 is 6.11. The largest absolute Gasteiger partial charge is 0.491 e. The lowest BCUT2D eigenvalue weighted by atomic mass is 9.82. The summed E-state index contributed by atoms with van der Waals surface area (Å²) in [7, 11) is 0. The summed E-state index contributed by atoms with van der Waals surface area (Å²) in [6.45, 7) is 0.862. The van der Waals surface area contributed by atoms with Crippen molar-refractivity contribution in [2.75, 3.05) is 13.2 Å². The number of nitrogens with zero attached hydrogens (tertiary/aromatic N) is 2. The molecule has 0 unspecified atom stereocenters. The molecular weight excluding hydrogens is 428 g/mol. The molecule has 0 radical (unpaired) electrons. The second-order valence-electron chi connectivity index (χ2n) is 7.94. The van der Waals surface area contributed by atoms with E-state index >= 15 is 0 Å². The van der Waals surface area contributed by atoms with Gasteiger partial charge in [0.05, 0.1) is 29.8 Å². The van der Waals surface area contributed by atoms with E-state index < -0.39 is 5.97 Å². The zero-order chi connectivity index (χ0) is 22.1. The summed E-state index contributed by atoms with van der Waals surface area (Å²) < 4.78 is 11.5. The van der Waals surface area contributed by atoms with E-state index in [0.717, 1.165) is 38.7 Å². The van der Waals surface area contributed by atoms with Crippen LogP contribution in [0, 0.1) is 5.92 Å². The van der Waals surface area contributed by atoms with Gasteiger partial charge in [-0.25, -0.2) is 4.98 Å². The third-order valence-electron chi connectivity index (χ3n) is 5.81. The van der Waals surface area contributed by atoms with Gasteiger partial charge >= 0.3 is 5.97 Å². The molecule has 1 N–H and O–H groups in total. The van der Waals surface area contributed by atoms with E-state index in [1.165, 1.54) is 0 Å². The Balaban J connectivity index is 1.26. The number of benzene rings is 2. The number of rotatable bonds is 7. The Kier molecular flexibility index (Phi) is 5.64. The van der Waals surface area contributed by atoms with E-state index in [4.69, 9.17) is 26.2 Å². The second-order valence-corrected chi connectivity index (χ2v) is 8.32. The van der Waals surface area contributed by atoms with Crippen molar-refractivity contribution in [1.29, 1.82) is 0 Å². The summed E-state index contributed by atoms with van der Waals surface area (Å²) in [5, 5.41) is 12.5. The summed E-state index contributed by atoms with van der Waals surface area (Å²) in [4.78, 5) is 19.8. The van der Waals surface area contributed by atoms with Crippen molar-refractivity contribution in [3.8, 4) is 17.0 Å². The van der Waals surface area contributed by atoms with E-state index in [9.17, 15) is 4.79 Å². The molecule has 0 amide bonds. The number of hydrogen-bond donors (Lipinski definition) is 1. The Bertz CT molecular complexity index is 1300. The molecule has 6 nitrogen and oxygen atoms in total. The molecule has 1 aliphatic rings. The number of hydrogen-bond acceptors (Lipinski definition) is 5. The Morgan fingerprint density at radius 1 is 1.00 bits per heavy atom. The minimum atomic E-state index is -0.739. The minimum absolute atomic E-state index is 0.0294. The molecule has 7 heteroatoms. The standard InChI is InChI=1S/C25H21ClN2O4/c26-22-6-4-15-7-8-27-23(24(15)28-22)18-2-1-17-12-20(5-3-16(17)11-18)31-9-10-32-21-13-19(14-21)25(29)30/h1-8,11-12,19,21H,9-10,13-14H2,(H,29,30)/t19-,21-. The van der Waals surface area contributed by atoms with Crippen LogP contribution in [-0.4, -0.2) is 40.4 Å². The van der Waals surface area contributed by atoms with Gasteiger partial charge in [-0.05, 0) is 60.0 Å². The molecule has 32 heavy (non-hydrogen) atoms. The molecule has 1 saturated carbocycles. The number of aromatic nitrogens is 2. The van der Waals surface area contributed by atoms with Crippen molar-refractivity contribution in [3.05, 3.63) is 65.9 Å². The number of carbonyl (C=O) groups is 1. The Morgan fingerprint density at radius 2 is 1.78 bits per heavy atom. The fourth-order valence-corrected chi connectivity index (χ4v) is 4.12. The van der Waals surface area contributed by atoms with E-state index in [1.807, 2.05) is 42.5 Å². The van der Waals surface area contributed by atoms with E-state index in [-0.39, 0.29) is 12.0 Å². The van der Waals surface area contributed by atoms with Gasteiger partial charge in [-0.1, -0.05) is 29.8 Å². The molecule has 1 aliphatic carbocycles. The van der Waals surface area contributed by atoms with Crippen molar-refractivity contribution < 1.29 is 19.4 Å². The zero-order valence-electron chi connectivity index (χ0n) is 17.2. The van der Waals surface area contributed by atoms with Gasteiger partial charge in [0.2, 0.25) is 0 Å². The molecule has 0 aliphatic heterocycles. The Morgan fingerprint density at radius 3 is 2.62 bits per heavy atom. The molecule has 2 heterocycles. The van der Waals surface area contributed by atoms with Crippen LogP contribution in [0.25, 0.3) is 32.9 Å². The predicted molar refractivity (Wildman–Crippen MR) is 123 cm³/mol. The lowest BCUT2D eigenvalue weighted by Gasteiger charge is -2.31. The van der Waals surface area contributed by atoms with Crippen LogP contribution < -0.4 is 4.74 Å². The number of pyridine rings is 2. The molecule has 0 spiro atoms. The van der Waals surface area contributed by atoms with Crippen molar-refractivity contribution >= 4 is 39.2 Å². The van der Waals surface area contributed by atoms with Gasteiger partial charge in [-0.3, -0.25) is 9.78 Å². The number of ether oxygens (including phenoxy) is 2. The zero-order valence-corrected chi connectivity index (χ0v) is 18.0. The van der Waals surface area contributed by atoms with Gasteiger partial charge in [-0.2, -0.15) is 0 Å². The number of fused-ring (bicyclic) bond motifs is 2. The first-order chi connectivity index (χ1) is 15.6. The maximum absolute atomic E-state index is 10.8. The van der Waals surface area contributed by atoms with Gasteiger partial charge in [0.1, 0.15) is 17.5 Å². The molecule has 0 atom stereocenters.